The number of ether oxygens (including phenoxy) is 1. The maximum Gasteiger partial charge on any atom is 0.338 e. The van der Waals surface area contributed by atoms with E-state index in [4.69, 9.17) is 4.74 Å². The number of anilines is 1. The molecule has 3 amide bonds. The Bertz CT molecular complexity index is 910. The van der Waals surface area contributed by atoms with Crippen LogP contribution in [0.15, 0.2) is 54.6 Å². The smallest absolute Gasteiger partial charge is 0.338 e. The summed E-state index contributed by atoms with van der Waals surface area (Å²) < 4.78 is 5.06. The molecule has 7 heteroatoms. The molecule has 7 nitrogen and oxygen atoms in total. The van der Waals surface area contributed by atoms with E-state index in [0.717, 1.165) is 10.5 Å². The molecule has 1 atom stereocenters. The van der Waals surface area contributed by atoms with Gasteiger partial charge >= 0.3 is 5.97 Å². The van der Waals surface area contributed by atoms with Crippen LogP contribution in [-0.2, 0) is 19.1 Å². The number of imide groups is 1. The molecule has 1 heterocycles. The summed E-state index contributed by atoms with van der Waals surface area (Å²) in [6, 6.07) is 15.8. The second-order valence-electron chi connectivity index (χ2n) is 6.87. The van der Waals surface area contributed by atoms with Crippen molar-refractivity contribution in [1.29, 1.82) is 0 Å². The molecule has 0 unspecified atom stereocenters. The van der Waals surface area contributed by atoms with E-state index < -0.39 is 18.5 Å². The number of carbonyl (C=O) groups excluding carboxylic acids is 4. The van der Waals surface area contributed by atoms with Crippen molar-refractivity contribution in [1.82, 2.24) is 5.32 Å². The second-order valence-corrected chi connectivity index (χ2v) is 6.87. The van der Waals surface area contributed by atoms with E-state index in [9.17, 15) is 19.2 Å². The highest BCUT2D eigenvalue weighted by molar-refractivity contribution is 6.20. The van der Waals surface area contributed by atoms with E-state index in [1.54, 1.807) is 12.1 Å². The van der Waals surface area contributed by atoms with Crippen molar-refractivity contribution in [2.75, 3.05) is 18.1 Å². The van der Waals surface area contributed by atoms with Gasteiger partial charge in [-0.3, -0.25) is 19.3 Å². The van der Waals surface area contributed by atoms with E-state index in [1.807, 2.05) is 37.3 Å². The first kappa shape index (κ1) is 20.3. The van der Waals surface area contributed by atoms with E-state index >= 15 is 0 Å². The molecule has 1 aliphatic rings. The summed E-state index contributed by atoms with van der Waals surface area (Å²) in [7, 11) is 0. The first-order chi connectivity index (χ1) is 14.0. The summed E-state index contributed by atoms with van der Waals surface area (Å²) in [6.07, 6.45) is 0.324. The van der Waals surface area contributed by atoms with Crippen molar-refractivity contribution >= 4 is 29.4 Å². The zero-order valence-corrected chi connectivity index (χ0v) is 16.1. The molecule has 150 valence electrons. The highest BCUT2D eigenvalue weighted by Gasteiger charge is 2.30. The van der Waals surface area contributed by atoms with E-state index in [1.165, 1.54) is 12.1 Å². The van der Waals surface area contributed by atoms with Gasteiger partial charge in [-0.05, 0) is 29.7 Å². The summed E-state index contributed by atoms with van der Waals surface area (Å²) in [5, 5.41) is 2.74. The van der Waals surface area contributed by atoms with Gasteiger partial charge in [-0.15, -0.1) is 0 Å². The Kier molecular flexibility index (Phi) is 6.39. The highest BCUT2D eigenvalue weighted by Crippen LogP contribution is 2.23. The molecular weight excluding hydrogens is 372 g/mol. The lowest BCUT2D eigenvalue weighted by atomic mass is 10.0. The van der Waals surface area contributed by atoms with Gasteiger partial charge in [-0.2, -0.15) is 0 Å². The summed E-state index contributed by atoms with van der Waals surface area (Å²) in [4.78, 5) is 49.0. The summed E-state index contributed by atoms with van der Waals surface area (Å²) in [5.74, 6) is -1.57. The van der Waals surface area contributed by atoms with E-state index in [-0.39, 0.29) is 36.1 Å². The number of rotatable bonds is 7. The van der Waals surface area contributed by atoms with Gasteiger partial charge in [0.25, 0.3) is 5.91 Å². The monoisotopic (exact) mass is 394 g/mol. The molecule has 0 bridgehead atoms. The van der Waals surface area contributed by atoms with Crippen molar-refractivity contribution < 1.29 is 23.9 Å². The summed E-state index contributed by atoms with van der Waals surface area (Å²) in [5.41, 5.74) is 1.60. The van der Waals surface area contributed by atoms with Crippen molar-refractivity contribution in [3.05, 3.63) is 65.7 Å². The number of nitrogens with one attached hydrogen (secondary N) is 1. The van der Waals surface area contributed by atoms with Gasteiger partial charge in [0.05, 0.1) is 11.3 Å². The standard InChI is InChI=1S/C22H22N2O5/c1-15(16-6-3-2-4-7-16)13-23-19(25)14-29-22(28)17-8-5-9-18(12-17)24-20(26)10-11-21(24)27/h2-9,12,15H,10-11,13-14H2,1H3,(H,23,25)/t15-/m0/s1. The number of esters is 1. The largest absolute Gasteiger partial charge is 0.452 e. The SMILES string of the molecule is C[C@@H](CNC(=O)COC(=O)c1cccc(N2C(=O)CCC2=O)c1)c1ccccc1. The molecule has 0 aliphatic carbocycles. The number of carbonyl (C=O) groups is 4. The minimum atomic E-state index is -0.697. The van der Waals surface area contributed by atoms with Gasteiger partial charge in [-0.25, -0.2) is 4.79 Å². The normalized spacial score (nSPS) is 14.6. The number of nitrogens with zero attached hydrogens (tertiary/aromatic N) is 1. The van der Waals surface area contributed by atoms with Crippen LogP contribution >= 0.6 is 0 Å². The van der Waals surface area contributed by atoms with Gasteiger partial charge in [0, 0.05) is 19.4 Å². The van der Waals surface area contributed by atoms with Crippen LogP contribution in [0, 0.1) is 0 Å². The number of benzene rings is 2. The fraction of sp³-hybridized carbons (Fsp3) is 0.273. The van der Waals surface area contributed by atoms with Crippen molar-refractivity contribution in [2.24, 2.45) is 0 Å². The van der Waals surface area contributed by atoms with Gasteiger partial charge in [0.2, 0.25) is 11.8 Å². The molecular formula is C22H22N2O5. The second kappa shape index (κ2) is 9.14. The third-order valence-corrected chi connectivity index (χ3v) is 4.70. The first-order valence-corrected chi connectivity index (χ1v) is 9.40. The van der Waals surface area contributed by atoms with Gasteiger partial charge in [-0.1, -0.05) is 43.3 Å². The molecule has 1 N–H and O–H groups in total. The minimum absolute atomic E-state index is 0.128. The molecule has 1 aliphatic heterocycles. The highest BCUT2D eigenvalue weighted by atomic mass is 16.5. The maximum absolute atomic E-state index is 12.2. The predicted octanol–water partition coefficient (Wildman–Crippen LogP) is 2.42. The average Bonchev–Trinajstić information content (AvgIpc) is 3.08. The number of hydrogen-bond acceptors (Lipinski definition) is 5. The Morgan fingerprint density at radius 3 is 2.41 bits per heavy atom. The van der Waals surface area contributed by atoms with Crippen molar-refractivity contribution in [3.8, 4) is 0 Å². The quantitative estimate of drug-likeness (QED) is 0.575. The van der Waals surface area contributed by atoms with Crippen LogP contribution < -0.4 is 10.2 Å². The van der Waals surface area contributed by atoms with Crippen LogP contribution in [0.4, 0.5) is 5.69 Å². The van der Waals surface area contributed by atoms with Crippen LogP contribution in [0.2, 0.25) is 0 Å². The zero-order valence-electron chi connectivity index (χ0n) is 16.1. The van der Waals surface area contributed by atoms with Gasteiger partial charge in [0.1, 0.15) is 0 Å². The van der Waals surface area contributed by atoms with Crippen LogP contribution in [0.25, 0.3) is 0 Å². The van der Waals surface area contributed by atoms with E-state index in [2.05, 4.69) is 5.32 Å². The molecule has 0 aromatic heterocycles. The topological polar surface area (TPSA) is 92.8 Å². The Balaban J connectivity index is 1.51. The van der Waals surface area contributed by atoms with Crippen LogP contribution in [0.1, 0.15) is 41.6 Å². The molecule has 1 saturated heterocycles. The fourth-order valence-electron chi connectivity index (χ4n) is 3.07. The molecule has 0 saturated carbocycles. The Morgan fingerprint density at radius 1 is 1.03 bits per heavy atom. The third kappa shape index (κ3) is 5.07. The van der Waals surface area contributed by atoms with Crippen LogP contribution in [0.3, 0.4) is 0 Å². The lowest BCUT2D eigenvalue weighted by Crippen LogP contribution is -2.31. The van der Waals surface area contributed by atoms with Gasteiger partial charge in [0.15, 0.2) is 6.61 Å². The first-order valence-electron chi connectivity index (χ1n) is 9.40. The van der Waals surface area contributed by atoms with Gasteiger partial charge < -0.3 is 10.1 Å². The molecule has 3 rings (SSSR count). The number of hydrogen-bond donors (Lipinski definition) is 1. The molecule has 1 fully saturated rings. The molecule has 0 spiro atoms. The lowest BCUT2D eigenvalue weighted by Gasteiger charge is -2.15. The molecule has 0 radical (unpaired) electrons. The van der Waals surface area contributed by atoms with Crippen molar-refractivity contribution in [2.45, 2.75) is 25.7 Å². The Morgan fingerprint density at radius 2 is 1.72 bits per heavy atom. The average molecular weight is 394 g/mol. The predicted molar refractivity (Wildman–Crippen MR) is 106 cm³/mol. The molecule has 29 heavy (non-hydrogen) atoms. The molecule has 2 aromatic carbocycles. The summed E-state index contributed by atoms with van der Waals surface area (Å²) in [6.45, 7) is 2.01. The minimum Gasteiger partial charge on any atom is -0.452 e. The zero-order chi connectivity index (χ0) is 20.8. The molecule has 2 aromatic rings. The third-order valence-electron chi connectivity index (χ3n) is 4.70. The van der Waals surface area contributed by atoms with Crippen LogP contribution in [-0.4, -0.2) is 36.8 Å². The number of amides is 3. The van der Waals surface area contributed by atoms with Crippen molar-refractivity contribution in [3.63, 3.8) is 0 Å². The Labute approximate surface area is 168 Å². The summed E-state index contributed by atoms with van der Waals surface area (Å²) >= 11 is 0. The fourth-order valence-corrected chi connectivity index (χ4v) is 3.07. The van der Waals surface area contributed by atoms with Crippen LogP contribution in [0.5, 0.6) is 0 Å². The maximum atomic E-state index is 12.2. The Hall–Kier alpha value is -3.48. The lowest BCUT2D eigenvalue weighted by molar-refractivity contribution is -0.124. The van der Waals surface area contributed by atoms with E-state index in [0.29, 0.717) is 12.2 Å².